The predicted octanol–water partition coefficient (Wildman–Crippen LogP) is 3.45. The fourth-order valence-corrected chi connectivity index (χ4v) is 2.75. The van der Waals surface area contributed by atoms with E-state index in [9.17, 15) is 9.59 Å². The first-order chi connectivity index (χ1) is 13.6. The molecule has 0 bridgehead atoms. The number of halogens is 1. The Bertz CT molecular complexity index is 994. The van der Waals surface area contributed by atoms with E-state index in [0.29, 0.717) is 11.4 Å². The smallest absolute Gasteiger partial charge is 0.313 e. The Hall–Kier alpha value is -3.69. The number of pyridine rings is 1. The van der Waals surface area contributed by atoms with Crippen molar-refractivity contribution in [3.05, 3.63) is 94.8 Å². The molecular weight excluding hydrogens is 376 g/mol. The van der Waals surface area contributed by atoms with E-state index in [1.807, 2.05) is 42.5 Å². The number of rotatable bonds is 4. The molecule has 0 saturated carbocycles. The first-order valence-electron chi connectivity index (χ1n) is 8.36. The van der Waals surface area contributed by atoms with Crippen LogP contribution in [0.5, 0.6) is 0 Å². The summed E-state index contributed by atoms with van der Waals surface area (Å²) in [4.78, 5) is 29.1. The van der Waals surface area contributed by atoms with E-state index in [1.54, 1.807) is 18.3 Å². The Morgan fingerprint density at radius 1 is 1.00 bits per heavy atom. The molecule has 1 heterocycles. The van der Waals surface area contributed by atoms with Crippen molar-refractivity contribution in [1.82, 2.24) is 10.3 Å². The van der Waals surface area contributed by atoms with Crippen LogP contribution in [0.4, 0.5) is 5.69 Å². The standard InChI is InChI=1S/C21H15ClN4O2/c22-17-10-9-16(12-15(17)13-23)25-20(27)21(28)26-19(14-6-2-1-3-7-14)18-8-4-5-11-24-18/h1-12,19H,(H,25,27)(H,26,28)/t19-/m1/s1. The van der Waals surface area contributed by atoms with E-state index in [0.717, 1.165) is 5.56 Å². The number of carbonyl (C=O) groups is 2. The highest BCUT2D eigenvalue weighted by Crippen LogP contribution is 2.21. The summed E-state index contributed by atoms with van der Waals surface area (Å²) in [6.45, 7) is 0. The molecule has 1 aromatic heterocycles. The highest BCUT2D eigenvalue weighted by atomic mass is 35.5. The summed E-state index contributed by atoms with van der Waals surface area (Å²) in [5, 5.41) is 14.5. The van der Waals surface area contributed by atoms with Gasteiger partial charge in [-0.2, -0.15) is 5.26 Å². The van der Waals surface area contributed by atoms with Gasteiger partial charge in [0.25, 0.3) is 0 Å². The lowest BCUT2D eigenvalue weighted by Gasteiger charge is -2.18. The lowest BCUT2D eigenvalue weighted by Crippen LogP contribution is -2.38. The van der Waals surface area contributed by atoms with Gasteiger partial charge in [0.2, 0.25) is 0 Å². The van der Waals surface area contributed by atoms with Crippen LogP contribution in [0.25, 0.3) is 0 Å². The van der Waals surface area contributed by atoms with Crippen molar-refractivity contribution in [3.8, 4) is 6.07 Å². The Kier molecular flexibility index (Phi) is 6.00. The van der Waals surface area contributed by atoms with Gasteiger partial charge in [0, 0.05) is 11.9 Å². The average Bonchev–Trinajstić information content (AvgIpc) is 2.74. The molecule has 0 aliphatic rings. The highest BCUT2D eigenvalue weighted by Gasteiger charge is 2.22. The molecule has 2 aromatic carbocycles. The molecule has 3 rings (SSSR count). The molecule has 0 fully saturated rings. The predicted molar refractivity (Wildman–Crippen MR) is 105 cm³/mol. The molecule has 0 radical (unpaired) electrons. The molecule has 7 heteroatoms. The average molecular weight is 391 g/mol. The van der Waals surface area contributed by atoms with Gasteiger partial charge < -0.3 is 10.6 Å². The molecule has 0 unspecified atom stereocenters. The summed E-state index contributed by atoms with van der Waals surface area (Å²) in [7, 11) is 0. The number of nitrogens with zero attached hydrogens (tertiary/aromatic N) is 2. The van der Waals surface area contributed by atoms with Gasteiger partial charge in [-0.1, -0.05) is 48.0 Å². The quantitative estimate of drug-likeness (QED) is 0.667. The first kappa shape index (κ1) is 19.1. The molecule has 0 aliphatic heterocycles. The summed E-state index contributed by atoms with van der Waals surface area (Å²) in [5.74, 6) is -1.68. The van der Waals surface area contributed by atoms with Crippen molar-refractivity contribution in [2.45, 2.75) is 6.04 Å². The molecule has 3 aromatic rings. The number of carbonyl (C=O) groups excluding carboxylic acids is 2. The maximum atomic E-state index is 12.5. The van der Waals surface area contributed by atoms with Gasteiger partial charge in [-0.25, -0.2) is 0 Å². The number of nitriles is 1. The summed E-state index contributed by atoms with van der Waals surface area (Å²) in [6, 6.07) is 20.3. The van der Waals surface area contributed by atoms with Crippen molar-refractivity contribution < 1.29 is 9.59 Å². The minimum atomic E-state index is -0.858. The highest BCUT2D eigenvalue weighted by molar-refractivity contribution is 6.39. The molecule has 0 spiro atoms. The normalized spacial score (nSPS) is 11.1. The minimum absolute atomic E-state index is 0.204. The van der Waals surface area contributed by atoms with Crippen LogP contribution in [0.2, 0.25) is 5.02 Å². The van der Waals surface area contributed by atoms with E-state index in [-0.39, 0.29) is 10.6 Å². The topological polar surface area (TPSA) is 94.9 Å². The van der Waals surface area contributed by atoms with Gasteiger partial charge >= 0.3 is 11.8 Å². The van der Waals surface area contributed by atoms with E-state index in [1.165, 1.54) is 18.2 Å². The molecular formula is C21H15ClN4O2. The van der Waals surface area contributed by atoms with Crippen molar-refractivity contribution in [3.63, 3.8) is 0 Å². The minimum Gasteiger partial charge on any atom is -0.335 e. The van der Waals surface area contributed by atoms with Crippen LogP contribution in [-0.2, 0) is 9.59 Å². The zero-order chi connectivity index (χ0) is 19.9. The van der Waals surface area contributed by atoms with E-state index in [2.05, 4.69) is 15.6 Å². The molecule has 28 heavy (non-hydrogen) atoms. The Morgan fingerprint density at radius 3 is 2.43 bits per heavy atom. The van der Waals surface area contributed by atoms with Crippen LogP contribution >= 0.6 is 11.6 Å². The van der Waals surface area contributed by atoms with Crippen molar-refractivity contribution in [2.75, 3.05) is 5.32 Å². The monoisotopic (exact) mass is 390 g/mol. The van der Waals surface area contributed by atoms with Gasteiger partial charge in [0.1, 0.15) is 6.07 Å². The fourth-order valence-electron chi connectivity index (χ4n) is 2.59. The third-order valence-electron chi connectivity index (χ3n) is 3.94. The molecule has 138 valence electrons. The van der Waals surface area contributed by atoms with Gasteiger partial charge in [0.15, 0.2) is 0 Å². The number of hydrogen-bond acceptors (Lipinski definition) is 4. The third kappa shape index (κ3) is 4.53. The maximum absolute atomic E-state index is 12.5. The van der Waals surface area contributed by atoms with Crippen LogP contribution in [0.3, 0.4) is 0 Å². The summed E-state index contributed by atoms with van der Waals surface area (Å²) >= 11 is 5.88. The van der Waals surface area contributed by atoms with E-state index < -0.39 is 17.9 Å². The molecule has 2 N–H and O–H groups in total. The van der Waals surface area contributed by atoms with Gasteiger partial charge in [-0.05, 0) is 35.9 Å². The van der Waals surface area contributed by atoms with Crippen molar-refractivity contribution in [1.29, 1.82) is 5.26 Å². The fraction of sp³-hybridized carbons (Fsp3) is 0.0476. The van der Waals surface area contributed by atoms with E-state index >= 15 is 0 Å². The third-order valence-corrected chi connectivity index (χ3v) is 4.27. The second kappa shape index (κ2) is 8.80. The largest absolute Gasteiger partial charge is 0.335 e. The summed E-state index contributed by atoms with van der Waals surface area (Å²) < 4.78 is 0. The first-order valence-corrected chi connectivity index (χ1v) is 8.73. The number of aromatic nitrogens is 1. The Balaban J connectivity index is 1.78. The second-order valence-electron chi connectivity index (χ2n) is 5.83. The van der Waals surface area contributed by atoms with Gasteiger partial charge in [0.05, 0.1) is 22.3 Å². The molecule has 1 atom stereocenters. The van der Waals surface area contributed by atoms with Crippen LogP contribution in [0.15, 0.2) is 72.9 Å². The number of anilines is 1. The van der Waals surface area contributed by atoms with Gasteiger partial charge in [-0.3, -0.25) is 14.6 Å². The molecule has 2 amide bonds. The zero-order valence-electron chi connectivity index (χ0n) is 14.6. The number of benzene rings is 2. The second-order valence-corrected chi connectivity index (χ2v) is 6.24. The molecule has 0 saturated heterocycles. The maximum Gasteiger partial charge on any atom is 0.313 e. The van der Waals surface area contributed by atoms with Crippen LogP contribution in [0, 0.1) is 11.3 Å². The lowest BCUT2D eigenvalue weighted by atomic mass is 10.0. The van der Waals surface area contributed by atoms with Crippen LogP contribution in [-0.4, -0.2) is 16.8 Å². The number of amides is 2. The summed E-state index contributed by atoms with van der Waals surface area (Å²) in [6.07, 6.45) is 1.62. The molecule has 6 nitrogen and oxygen atoms in total. The van der Waals surface area contributed by atoms with Crippen LogP contribution in [0.1, 0.15) is 22.9 Å². The Labute approximate surface area is 166 Å². The Morgan fingerprint density at radius 2 is 1.75 bits per heavy atom. The number of nitrogens with one attached hydrogen (secondary N) is 2. The lowest BCUT2D eigenvalue weighted by molar-refractivity contribution is -0.136. The molecule has 0 aliphatic carbocycles. The summed E-state index contributed by atoms with van der Waals surface area (Å²) in [5.41, 5.74) is 1.90. The zero-order valence-corrected chi connectivity index (χ0v) is 15.4. The SMILES string of the molecule is N#Cc1cc(NC(=O)C(=O)N[C@H](c2ccccc2)c2ccccn2)ccc1Cl. The van der Waals surface area contributed by atoms with E-state index in [4.69, 9.17) is 16.9 Å². The number of hydrogen-bond donors (Lipinski definition) is 2. The van der Waals surface area contributed by atoms with Crippen molar-refractivity contribution >= 4 is 29.1 Å². The van der Waals surface area contributed by atoms with Crippen molar-refractivity contribution in [2.24, 2.45) is 0 Å². The van der Waals surface area contributed by atoms with Gasteiger partial charge in [-0.15, -0.1) is 0 Å². The van der Waals surface area contributed by atoms with Crippen LogP contribution < -0.4 is 10.6 Å².